The summed E-state index contributed by atoms with van der Waals surface area (Å²) in [4.78, 5) is 0. The normalized spacial score (nSPS) is 13.5. The van der Waals surface area contributed by atoms with Crippen molar-refractivity contribution in [2.24, 2.45) is 0 Å². The van der Waals surface area contributed by atoms with Crippen molar-refractivity contribution in [3.05, 3.63) is 11.6 Å². The lowest BCUT2D eigenvalue weighted by molar-refractivity contribution is 0.997. The van der Waals surface area contributed by atoms with Crippen LogP contribution in [0.2, 0.25) is 0 Å². The van der Waals surface area contributed by atoms with E-state index in [1.165, 1.54) is 5.57 Å². The molecule has 1 unspecified atom stereocenters. The average molecular weight is 182 g/mol. The zero-order chi connectivity index (χ0) is 9.40. The third-order valence-electron chi connectivity index (χ3n) is 1.65. The van der Waals surface area contributed by atoms with Gasteiger partial charge in [0.05, 0.1) is 5.25 Å². The van der Waals surface area contributed by atoms with Crippen LogP contribution in [0.5, 0.6) is 0 Å². The maximum atomic E-state index is 3.19. The summed E-state index contributed by atoms with van der Waals surface area (Å²) in [6.07, 6.45) is 6.64. The zero-order valence-corrected chi connectivity index (χ0v) is 9.29. The molecule has 0 aromatic carbocycles. The van der Waals surface area contributed by atoms with Crippen LogP contribution in [-0.2, 0) is 0 Å². The van der Waals surface area contributed by atoms with Crippen LogP contribution in [0.15, 0.2) is 11.6 Å². The standard InChI is InChI=1S/C11H18S/c1-5-7-10(3)9-11(12-4)8-6-2/h7,11H,5,9H2,1-4H3/b10-7+. The van der Waals surface area contributed by atoms with Crippen LogP contribution in [-0.4, -0.2) is 11.5 Å². The molecule has 0 nitrogen and oxygen atoms in total. The van der Waals surface area contributed by atoms with E-state index in [9.17, 15) is 0 Å². The highest BCUT2D eigenvalue weighted by molar-refractivity contribution is 7.99. The molecule has 0 N–H and O–H groups in total. The van der Waals surface area contributed by atoms with E-state index in [0.717, 1.165) is 12.8 Å². The Hall–Kier alpha value is -0.350. The number of thioether (sulfide) groups is 1. The monoisotopic (exact) mass is 182 g/mol. The van der Waals surface area contributed by atoms with E-state index in [4.69, 9.17) is 0 Å². The molecule has 0 heterocycles. The van der Waals surface area contributed by atoms with Crippen molar-refractivity contribution in [2.75, 3.05) is 6.26 Å². The zero-order valence-electron chi connectivity index (χ0n) is 8.48. The topological polar surface area (TPSA) is 0 Å². The summed E-state index contributed by atoms with van der Waals surface area (Å²) in [6.45, 7) is 6.26. The minimum atomic E-state index is 0.484. The van der Waals surface area contributed by atoms with Gasteiger partial charge >= 0.3 is 0 Å². The molecule has 0 fully saturated rings. The second kappa shape index (κ2) is 7.31. The number of hydrogen-bond acceptors (Lipinski definition) is 1. The minimum Gasteiger partial charge on any atom is -0.149 e. The first-order valence-corrected chi connectivity index (χ1v) is 5.64. The summed E-state index contributed by atoms with van der Waals surface area (Å²) in [5.74, 6) is 6.16. The predicted molar refractivity (Wildman–Crippen MR) is 59.4 cm³/mol. The summed E-state index contributed by atoms with van der Waals surface area (Å²) in [5, 5.41) is 0.484. The molecule has 12 heavy (non-hydrogen) atoms. The average Bonchev–Trinajstić information content (AvgIpc) is 2.04. The van der Waals surface area contributed by atoms with E-state index in [2.05, 4.69) is 38.0 Å². The van der Waals surface area contributed by atoms with Gasteiger partial charge in [-0.05, 0) is 32.9 Å². The maximum absolute atomic E-state index is 3.19. The van der Waals surface area contributed by atoms with Crippen LogP contribution in [0.3, 0.4) is 0 Å². The molecule has 0 saturated heterocycles. The van der Waals surface area contributed by atoms with Gasteiger partial charge in [0.1, 0.15) is 0 Å². The van der Waals surface area contributed by atoms with Gasteiger partial charge in [-0.15, -0.1) is 17.7 Å². The molecule has 0 aliphatic rings. The second-order valence-corrected chi connectivity index (χ2v) is 3.82. The Morgan fingerprint density at radius 1 is 1.58 bits per heavy atom. The SMILES string of the molecule is CC#CC(C/C(C)=C/CC)SC. The van der Waals surface area contributed by atoms with Gasteiger partial charge in [0.15, 0.2) is 0 Å². The van der Waals surface area contributed by atoms with Crippen LogP contribution in [0.25, 0.3) is 0 Å². The molecular formula is C11H18S. The summed E-state index contributed by atoms with van der Waals surface area (Å²) in [6, 6.07) is 0. The summed E-state index contributed by atoms with van der Waals surface area (Å²) < 4.78 is 0. The van der Waals surface area contributed by atoms with Crippen LogP contribution >= 0.6 is 11.8 Å². The number of rotatable bonds is 4. The van der Waals surface area contributed by atoms with E-state index in [0.29, 0.717) is 5.25 Å². The summed E-state index contributed by atoms with van der Waals surface area (Å²) >= 11 is 1.83. The predicted octanol–water partition coefficient (Wildman–Crippen LogP) is 3.49. The van der Waals surface area contributed by atoms with Gasteiger partial charge in [0, 0.05) is 0 Å². The van der Waals surface area contributed by atoms with Gasteiger partial charge in [-0.1, -0.05) is 24.5 Å². The molecule has 0 rings (SSSR count). The van der Waals surface area contributed by atoms with Crippen LogP contribution in [0, 0.1) is 11.8 Å². The highest BCUT2D eigenvalue weighted by Gasteiger charge is 2.02. The lowest BCUT2D eigenvalue weighted by atomic mass is 10.1. The van der Waals surface area contributed by atoms with Gasteiger partial charge < -0.3 is 0 Å². The molecule has 0 aromatic rings. The Morgan fingerprint density at radius 2 is 2.25 bits per heavy atom. The fourth-order valence-corrected chi connectivity index (χ4v) is 1.74. The van der Waals surface area contributed by atoms with E-state index >= 15 is 0 Å². The summed E-state index contributed by atoms with van der Waals surface area (Å²) in [5.41, 5.74) is 1.46. The second-order valence-electron chi connectivity index (χ2n) is 2.78. The summed E-state index contributed by atoms with van der Waals surface area (Å²) in [7, 11) is 0. The third kappa shape index (κ3) is 5.32. The molecule has 68 valence electrons. The Balaban J connectivity index is 3.99. The lowest BCUT2D eigenvalue weighted by Crippen LogP contribution is -1.98. The van der Waals surface area contributed by atoms with E-state index in [1.54, 1.807) is 0 Å². The van der Waals surface area contributed by atoms with Gasteiger partial charge in [0.2, 0.25) is 0 Å². The van der Waals surface area contributed by atoms with Crippen molar-refractivity contribution in [3.63, 3.8) is 0 Å². The van der Waals surface area contributed by atoms with E-state index in [-0.39, 0.29) is 0 Å². The fraction of sp³-hybridized carbons (Fsp3) is 0.636. The highest BCUT2D eigenvalue weighted by Crippen LogP contribution is 2.15. The Labute approximate surface area is 80.8 Å². The van der Waals surface area contributed by atoms with E-state index < -0.39 is 0 Å². The highest BCUT2D eigenvalue weighted by atomic mass is 32.2. The molecule has 0 aliphatic carbocycles. The largest absolute Gasteiger partial charge is 0.149 e. The maximum Gasteiger partial charge on any atom is 0.0691 e. The third-order valence-corrected chi connectivity index (χ3v) is 2.50. The molecule has 0 aliphatic heterocycles. The van der Waals surface area contributed by atoms with Crippen LogP contribution in [0.1, 0.15) is 33.6 Å². The van der Waals surface area contributed by atoms with Crippen molar-refractivity contribution < 1.29 is 0 Å². The van der Waals surface area contributed by atoms with Crippen molar-refractivity contribution in [3.8, 4) is 11.8 Å². The Morgan fingerprint density at radius 3 is 2.67 bits per heavy atom. The molecule has 0 radical (unpaired) electrons. The lowest BCUT2D eigenvalue weighted by Gasteiger charge is -2.06. The molecule has 0 amide bonds. The Kier molecular flexibility index (Phi) is 7.09. The van der Waals surface area contributed by atoms with Crippen LogP contribution < -0.4 is 0 Å². The smallest absolute Gasteiger partial charge is 0.0691 e. The molecule has 1 heteroatoms. The van der Waals surface area contributed by atoms with Crippen molar-refractivity contribution in [2.45, 2.75) is 38.9 Å². The first-order valence-electron chi connectivity index (χ1n) is 4.35. The number of hydrogen-bond donors (Lipinski definition) is 0. The van der Waals surface area contributed by atoms with Gasteiger partial charge in [0.25, 0.3) is 0 Å². The quantitative estimate of drug-likeness (QED) is 0.474. The van der Waals surface area contributed by atoms with Crippen LogP contribution in [0.4, 0.5) is 0 Å². The van der Waals surface area contributed by atoms with Crippen molar-refractivity contribution in [1.29, 1.82) is 0 Å². The molecule has 0 spiro atoms. The minimum absolute atomic E-state index is 0.484. The van der Waals surface area contributed by atoms with Gasteiger partial charge in [-0.2, -0.15) is 0 Å². The molecular weight excluding hydrogens is 164 g/mol. The van der Waals surface area contributed by atoms with Gasteiger partial charge in [-0.3, -0.25) is 0 Å². The van der Waals surface area contributed by atoms with E-state index in [1.807, 2.05) is 18.7 Å². The fourth-order valence-electron chi connectivity index (χ4n) is 1.08. The molecule has 1 atom stereocenters. The molecule has 0 aromatic heterocycles. The number of allylic oxidation sites excluding steroid dienone is 2. The first-order chi connectivity index (χ1) is 5.74. The van der Waals surface area contributed by atoms with Crippen molar-refractivity contribution >= 4 is 11.8 Å². The molecule has 0 saturated carbocycles. The van der Waals surface area contributed by atoms with Crippen molar-refractivity contribution in [1.82, 2.24) is 0 Å². The molecule has 0 bridgehead atoms. The Bertz CT molecular complexity index is 193. The first kappa shape index (κ1) is 11.6. The van der Waals surface area contributed by atoms with Gasteiger partial charge in [-0.25, -0.2) is 0 Å².